The fraction of sp³-hybridized carbons (Fsp3) is 0.852. The van der Waals surface area contributed by atoms with Gasteiger partial charge in [-0.25, -0.2) is 5.43 Å². The Morgan fingerprint density at radius 3 is 1.27 bits per heavy atom. The van der Waals surface area contributed by atoms with Crippen LogP contribution in [-0.4, -0.2) is 50.8 Å². The van der Waals surface area contributed by atoms with Crippen LogP contribution in [0.2, 0.25) is 0 Å². The lowest BCUT2D eigenvalue weighted by Gasteiger charge is -2.15. The van der Waals surface area contributed by atoms with E-state index in [0.717, 1.165) is 51.4 Å². The van der Waals surface area contributed by atoms with Gasteiger partial charge in [0.05, 0.1) is 17.8 Å². The molecule has 0 amide bonds. The summed E-state index contributed by atoms with van der Waals surface area (Å²) >= 11 is 0. The van der Waals surface area contributed by atoms with Gasteiger partial charge in [-0.15, -0.1) is 0 Å². The molecule has 0 fully saturated rings. The van der Waals surface area contributed by atoms with Crippen LogP contribution in [0.3, 0.4) is 0 Å². The molecule has 0 rings (SSSR count). The molecule has 0 spiro atoms. The third-order valence-corrected chi connectivity index (χ3v) is 7.29. The molecule has 0 aromatic rings. The number of nitrogens with one attached hydrogen (secondary N) is 4. The van der Waals surface area contributed by atoms with Crippen LogP contribution in [0.15, 0.2) is 0 Å². The standard InChI is InChI=1S/C27H53N5O8/c28-30-32-31-29-20-23(27(39)40)15-12-10-8-6-4-2-1-3-5-7-9-11-14-21(25(35)36)16-13-17-22(26(37)38)18-19-24(33)34/h21-23,29-32H,1-20,28H2,(H,33,34)(H,35,36)(H,37,38)(H,39,40). The average molecular weight is 576 g/mol. The molecule has 3 unspecified atom stereocenters. The Morgan fingerprint density at radius 1 is 0.500 bits per heavy atom. The number of hydrogen-bond donors (Lipinski definition) is 9. The number of aliphatic carboxylic acids is 4. The predicted molar refractivity (Wildman–Crippen MR) is 150 cm³/mol. The Balaban J connectivity index is 3.74. The number of hydrazine groups is 4. The Hall–Kier alpha value is -2.32. The molecular formula is C27H53N5O8. The Labute approximate surface area is 237 Å². The Kier molecular flexibility index (Phi) is 24.1. The molecule has 0 aromatic heterocycles. The molecule has 0 aliphatic carbocycles. The van der Waals surface area contributed by atoms with E-state index in [1.165, 1.54) is 25.7 Å². The first-order valence-electron chi connectivity index (χ1n) is 14.8. The van der Waals surface area contributed by atoms with E-state index < -0.39 is 41.6 Å². The normalized spacial score (nSPS) is 13.5. The smallest absolute Gasteiger partial charge is 0.307 e. The van der Waals surface area contributed by atoms with E-state index >= 15 is 0 Å². The van der Waals surface area contributed by atoms with Crippen molar-refractivity contribution in [3.8, 4) is 0 Å². The van der Waals surface area contributed by atoms with Crippen molar-refractivity contribution in [1.29, 1.82) is 0 Å². The first-order chi connectivity index (χ1) is 19.2. The van der Waals surface area contributed by atoms with Crippen molar-refractivity contribution in [2.45, 2.75) is 122 Å². The van der Waals surface area contributed by atoms with Gasteiger partial charge in [0.25, 0.3) is 0 Å². The van der Waals surface area contributed by atoms with Crippen LogP contribution in [0.4, 0.5) is 0 Å². The van der Waals surface area contributed by atoms with Crippen LogP contribution in [0.5, 0.6) is 0 Å². The number of carboxylic acids is 4. The minimum atomic E-state index is -1.02. The number of rotatable bonds is 30. The lowest BCUT2D eigenvalue weighted by atomic mass is 9.91. The maximum Gasteiger partial charge on any atom is 0.307 e. The van der Waals surface area contributed by atoms with Crippen LogP contribution >= 0.6 is 0 Å². The second-order valence-corrected chi connectivity index (χ2v) is 10.6. The maximum absolute atomic E-state index is 11.6. The summed E-state index contributed by atoms with van der Waals surface area (Å²) in [7, 11) is 0. The van der Waals surface area contributed by atoms with E-state index in [4.69, 9.17) is 10.9 Å². The van der Waals surface area contributed by atoms with Gasteiger partial charge < -0.3 is 20.4 Å². The first-order valence-corrected chi connectivity index (χ1v) is 14.8. The molecule has 10 N–H and O–H groups in total. The van der Waals surface area contributed by atoms with Crippen molar-refractivity contribution in [1.82, 2.24) is 22.0 Å². The summed E-state index contributed by atoms with van der Waals surface area (Å²) in [6, 6.07) is 0. The van der Waals surface area contributed by atoms with E-state index in [-0.39, 0.29) is 12.8 Å². The molecule has 0 heterocycles. The van der Waals surface area contributed by atoms with Crippen molar-refractivity contribution < 1.29 is 39.6 Å². The molecule has 0 aliphatic rings. The molecule has 40 heavy (non-hydrogen) atoms. The van der Waals surface area contributed by atoms with Crippen molar-refractivity contribution >= 4 is 23.9 Å². The summed E-state index contributed by atoms with van der Waals surface area (Å²) < 4.78 is 0. The number of nitrogens with two attached hydrogens (primary N) is 1. The third-order valence-electron chi connectivity index (χ3n) is 7.29. The molecule has 13 nitrogen and oxygen atoms in total. The summed E-state index contributed by atoms with van der Waals surface area (Å²) in [5.74, 6) is -0.338. The van der Waals surface area contributed by atoms with Crippen LogP contribution in [0, 0.1) is 17.8 Å². The summed E-state index contributed by atoms with van der Waals surface area (Å²) in [5, 5.41) is 36.7. The molecule has 0 radical (unpaired) electrons. The van der Waals surface area contributed by atoms with Gasteiger partial charge in [0.1, 0.15) is 0 Å². The number of hydrogen-bond acceptors (Lipinski definition) is 9. The first kappa shape index (κ1) is 37.7. The van der Waals surface area contributed by atoms with Crippen molar-refractivity contribution in [3.05, 3.63) is 0 Å². The van der Waals surface area contributed by atoms with Gasteiger partial charge >= 0.3 is 23.9 Å². The molecule has 0 aromatic carbocycles. The summed E-state index contributed by atoms with van der Waals surface area (Å²) in [6.07, 6.45) is 15.3. The highest BCUT2D eigenvalue weighted by Gasteiger charge is 2.21. The van der Waals surface area contributed by atoms with Gasteiger partial charge in [-0.3, -0.25) is 25.0 Å². The van der Waals surface area contributed by atoms with Crippen molar-refractivity contribution in [3.63, 3.8) is 0 Å². The fourth-order valence-corrected chi connectivity index (χ4v) is 4.81. The van der Waals surface area contributed by atoms with Crippen LogP contribution in [-0.2, 0) is 19.2 Å². The number of carbonyl (C=O) groups is 4. The minimum absolute atomic E-state index is 0.0706. The molecule has 234 valence electrons. The van der Waals surface area contributed by atoms with Crippen molar-refractivity contribution in [2.75, 3.05) is 6.54 Å². The van der Waals surface area contributed by atoms with E-state index in [9.17, 15) is 34.5 Å². The summed E-state index contributed by atoms with van der Waals surface area (Å²) in [6.45, 7) is 0.302. The second-order valence-electron chi connectivity index (χ2n) is 10.6. The zero-order valence-electron chi connectivity index (χ0n) is 23.9. The molecular weight excluding hydrogens is 522 g/mol. The summed E-state index contributed by atoms with van der Waals surface area (Å²) in [5.41, 5.74) is 9.89. The highest BCUT2D eigenvalue weighted by molar-refractivity contribution is 5.72. The quantitative estimate of drug-likeness (QED) is 0.0340. The van der Waals surface area contributed by atoms with Gasteiger partial charge in [-0.1, -0.05) is 83.5 Å². The van der Waals surface area contributed by atoms with Gasteiger partial charge in [0, 0.05) is 13.0 Å². The van der Waals surface area contributed by atoms with Gasteiger partial charge in [0.15, 0.2) is 0 Å². The molecule has 0 aliphatic heterocycles. The van der Waals surface area contributed by atoms with Crippen molar-refractivity contribution in [2.24, 2.45) is 23.6 Å². The molecule has 0 saturated heterocycles. The second kappa shape index (κ2) is 25.6. The van der Waals surface area contributed by atoms with E-state index in [1.807, 2.05) is 0 Å². The fourth-order valence-electron chi connectivity index (χ4n) is 4.81. The third kappa shape index (κ3) is 22.5. The highest BCUT2D eigenvalue weighted by Crippen LogP contribution is 2.22. The Bertz CT molecular complexity index is 698. The number of carboxylic acid groups (broad SMARTS) is 4. The zero-order chi connectivity index (χ0) is 30.0. The topological polar surface area (TPSA) is 223 Å². The lowest BCUT2D eigenvalue weighted by molar-refractivity contribution is -0.144. The Morgan fingerprint density at radius 2 is 0.875 bits per heavy atom. The average Bonchev–Trinajstić information content (AvgIpc) is 2.89. The van der Waals surface area contributed by atoms with E-state index in [1.54, 1.807) is 0 Å². The monoisotopic (exact) mass is 575 g/mol. The molecule has 13 heteroatoms. The van der Waals surface area contributed by atoms with Gasteiger partial charge in [0.2, 0.25) is 0 Å². The van der Waals surface area contributed by atoms with E-state index in [0.29, 0.717) is 38.6 Å². The van der Waals surface area contributed by atoms with E-state index in [2.05, 4.69) is 22.0 Å². The predicted octanol–water partition coefficient (Wildman–Crippen LogP) is 3.56. The van der Waals surface area contributed by atoms with Crippen LogP contribution in [0.1, 0.15) is 122 Å². The number of unbranched alkanes of at least 4 members (excludes halogenated alkanes) is 11. The minimum Gasteiger partial charge on any atom is -0.481 e. The lowest BCUT2D eigenvalue weighted by Crippen LogP contribution is -2.54. The molecule has 3 atom stereocenters. The zero-order valence-corrected chi connectivity index (χ0v) is 23.9. The maximum atomic E-state index is 11.6. The van der Waals surface area contributed by atoms with Gasteiger partial charge in [-0.2, -0.15) is 16.6 Å². The van der Waals surface area contributed by atoms with Crippen LogP contribution in [0.25, 0.3) is 0 Å². The summed E-state index contributed by atoms with van der Waals surface area (Å²) in [4.78, 5) is 44.8. The molecule has 0 bridgehead atoms. The van der Waals surface area contributed by atoms with Gasteiger partial charge in [-0.05, 0) is 32.1 Å². The highest BCUT2D eigenvalue weighted by atomic mass is 16.4. The van der Waals surface area contributed by atoms with Crippen LogP contribution < -0.4 is 27.9 Å². The largest absolute Gasteiger partial charge is 0.481 e. The molecule has 0 saturated carbocycles. The SMILES string of the molecule is NNNNNCC(CCCCCCCCCCCCCCC(CCCC(CCC(=O)O)C(=O)O)C(=O)O)C(=O)O.